The first-order valence-corrected chi connectivity index (χ1v) is 12.7. The number of carboxylic acids is 1. The van der Waals surface area contributed by atoms with Crippen molar-refractivity contribution in [3.63, 3.8) is 0 Å². The van der Waals surface area contributed by atoms with E-state index in [4.69, 9.17) is 4.74 Å². The molecule has 2 aliphatic heterocycles. The van der Waals surface area contributed by atoms with Crippen LogP contribution >= 0.6 is 39.0 Å². The Balaban J connectivity index is 1.60. The minimum absolute atomic E-state index is 0.286. The number of rotatable bonds is 6. The number of benzene rings is 2. The molecule has 2 unspecified atom stereocenters. The molecule has 0 saturated carbocycles. The number of hydrogen-bond acceptors (Lipinski definition) is 7. The van der Waals surface area contributed by atoms with Crippen LogP contribution in [0.2, 0.25) is 0 Å². The summed E-state index contributed by atoms with van der Waals surface area (Å²) in [5.41, 5.74) is 1.61. The Labute approximate surface area is 210 Å². The number of H-pyrrole nitrogens is 1. The molecule has 5 rings (SSSR count). The Hall–Kier alpha value is -2.89. The van der Waals surface area contributed by atoms with Gasteiger partial charge >= 0.3 is 10.8 Å². The molecule has 3 heterocycles. The molecule has 3 atom stereocenters. The fourth-order valence-corrected chi connectivity index (χ4v) is 7.24. The molecule has 1 saturated heterocycles. The van der Waals surface area contributed by atoms with Gasteiger partial charge in [-0.3, -0.25) is 24.1 Å². The van der Waals surface area contributed by atoms with Crippen LogP contribution in [0.15, 0.2) is 62.8 Å². The maximum atomic E-state index is 13.4. The summed E-state index contributed by atoms with van der Waals surface area (Å²) in [6.07, 6.45) is 0. The summed E-state index contributed by atoms with van der Waals surface area (Å²) in [5, 5.41) is 8.91. The van der Waals surface area contributed by atoms with Gasteiger partial charge in [0.15, 0.2) is 0 Å². The molecule has 34 heavy (non-hydrogen) atoms. The van der Waals surface area contributed by atoms with Crippen LogP contribution in [0, 0.1) is 5.92 Å². The van der Waals surface area contributed by atoms with E-state index >= 15 is 0 Å². The number of halogens is 1. The quantitative estimate of drug-likeness (QED) is 0.443. The first kappa shape index (κ1) is 22.9. The predicted molar refractivity (Wildman–Crippen MR) is 129 cm³/mol. The fourth-order valence-electron chi connectivity index (χ4n) is 4.33. The number of imide groups is 1. The van der Waals surface area contributed by atoms with Crippen LogP contribution in [0.4, 0.5) is 0 Å². The molecule has 2 N–H and O–H groups in total. The number of nitrogens with one attached hydrogen (secondary N) is 1. The molecule has 0 radical (unpaired) electrons. The lowest BCUT2D eigenvalue weighted by Crippen LogP contribution is -2.36. The molecule has 0 bridgehead atoms. The van der Waals surface area contributed by atoms with Gasteiger partial charge in [-0.2, -0.15) is 0 Å². The number of likely N-dealkylation sites (tertiary alicyclic amines) is 1. The number of aliphatic carboxylic acids is 1. The Bertz CT molecular complexity index is 1350. The standard InChI is InChI=1S/C23H17BrN2O6S2/c24-12-6-7-14(32-10-11-4-2-1-3-5-11)13(8-12)16-17-19(33-20-18(16)34-23(31)25-20)22(30)26(21(17)29)9-15(27)28/h1-8,16-17,19H,9-10H2,(H,25,31)(H,27,28)/t16-,17?,19?/m1/s1. The smallest absolute Gasteiger partial charge is 0.323 e. The van der Waals surface area contributed by atoms with E-state index in [9.17, 15) is 24.3 Å². The molecular weight excluding hydrogens is 544 g/mol. The molecule has 0 spiro atoms. The van der Waals surface area contributed by atoms with Gasteiger partial charge in [0.05, 0.1) is 10.9 Å². The van der Waals surface area contributed by atoms with E-state index < -0.39 is 41.4 Å². The number of carboxylic acid groups (broad SMARTS) is 1. The monoisotopic (exact) mass is 560 g/mol. The van der Waals surface area contributed by atoms with Gasteiger partial charge in [0.25, 0.3) is 0 Å². The number of fused-ring (bicyclic) bond motifs is 2. The van der Waals surface area contributed by atoms with Gasteiger partial charge in [-0.1, -0.05) is 69.4 Å². The van der Waals surface area contributed by atoms with Crippen LogP contribution in [0.1, 0.15) is 21.9 Å². The van der Waals surface area contributed by atoms with Crippen LogP contribution in [0.3, 0.4) is 0 Å². The SMILES string of the molecule is O=C(O)CN1C(=O)C2Sc3[nH]c(=O)sc3[C@H](c3cc(Br)ccc3OCc3ccccc3)C2C1=O. The second-order valence-electron chi connectivity index (χ2n) is 7.86. The number of thiazole rings is 1. The third-order valence-electron chi connectivity index (χ3n) is 5.75. The van der Waals surface area contributed by atoms with E-state index in [1.807, 2.05) is 42.5 Å². The lowest BCUT2D eigenvalue weighted by atomic mass is 9.82. The molecule has 1 aromatic heterocycles. The largest absolute Gasteiger partial charge is 0.489 e. The molecule has 2 aliphatic rings. The number of carbonyl (C=O) groups is 3. The van der Waals surface area contributed by atoms with Crippen LogP contribution in [-0.4, -0.2) is 44.6 Å². The summed E-state index contributed by atoms with van der Waals surface area (Å²) in [6.45, 7) is -0.406. The maximum absolute atomic E-state index is 13.4. The maximum Gasteiger partial charge on any atom is 0.323 e. The van der Waals surface area contributed by atoms with Gasteiger partial charge in [-0.15, -0.1) is 0 Å². The van der Waals surface area contributed by atoms with E-state index in [1.165, 1.54) is 0 Å². The van der Waals surface area contributed by atoms with E-state index in [1.54, 1.807) is 6.07 Å². The highest BCUT2D eigenvalue weighted by Crippen LogP contribution is 2.54. The molecule has 2 amide bonds. The Morgan fingerprint density at radius 1 is 1.12 bits per heavy atom. The summed E-state index contributed by atoms with van der Waals surface area (Å²) in [5.74, 6) is -3.37. The summed E-state index contributed by atoms with van der Waals surface area (Å²) in [7, 11) is 0. The van der Waals surface area contributed by atoms with Crippen molar-refractivity contribution in [3.05, 3.63) is 78.7 Å². The highest BCUT2D eigenvalue weighted by molar-refractivity contribution is 9.10. The Kier molecular flexibility index (Phi) is 6.09. The van der Waals surface area contributed by atoms with Gasteiger partial charge < -0.3 is 14.8 Å². The third kappa shape index (κ3) is 4.08. The number of hydrogen-bond donors (Lipinski definition) is 2. The summed E-state index contributed by atoms with van der Waals surface area (Å²) < 4.78 is 6.88. The van der Waals surface area contributed by atoms with E-state index in [-0.39, 0.29) is 4.87 Å². The highest BCUT2D eigenvalue weighted by Gasteiger charge is 2.56. The molecule has 2 aromatic carbocycles. The van der Waals surface area contributed by atoms with Crippen LogP contribution in [-0.2, 0) is 21.0 Å². The van der Waals surface area contributed by atoms with E-state index in [0.717, 1.165) is 38.0 Å². The number of aromatic amines is 1. The van der Waals surface area contributed by atoms with Crippen LogP contribution < -0.4 is 9.61 Å². The van der Waals surface area contributed by atoms with Crippen molar-refractivity contribution < 1.29 is 24.2 Å². The molecule has 3 aromatic rings. The minimum Gasteiger partial charge on any atom is -0.489 e. The average molecular weight is 561 g/mol. The molecule has 8 nitrogen and oxygen atoms in total. The molecule has 11 heteroatoms. The van der Waals surface area contributed by atoms with Crippen molar-refractivity contribution >= 4 is 56.8 Å². The van der Waals surface area contributed by atoms with Crippen molar-refractivity contribution in [1.82, 2.24) is 9.88 Å². The topological polar surface area (TPSA) is 117 Å². The zero-order valence-electron chi connectivity index (χ0n) is 17.4. The minimum atomic E-state index is -1.26. The summed E-state index contributed by atoms with van der Waals surface area (Å²) in [4.78, 5) is 53.9. The molecule has 1 fully saturated rings. The van der Waals surface area contributed by atoms with E-state index in [2.05, 4.69) is 20.9 Å². The number of nitrogens with zero attached hydrogens (tertiary/aromatic N) is 1. The number of thioether (sulfide) groups is 1. The molecule has 0 aliphatic carbocycles. The van der Waals surface area contributed by atoms with E-state index in [0.29, 0.717) is 27.8 Å². The van der Waals surface area contributed by atoms with Crippen LogP contribution in [0.25, 0.3) is 0 Å². The zero-order valence-corrected chi connectivity index (χ0v) is 20.6. The number of ether oxygens (including phenoxy) is 1. The Morgan fingerprint density at radius 2 is 1.88 bits per heavy atom. The Morgan fingerprint density at radius 3 is 2.62 bits per heavy atom. The van der Waals surface area contributed by atoms with Gasteiger partial charge in [-0.25, -0.2) is 0 Å². The molecule has 174 valence electrons. The lowest BCUT2D eigenvalue weighted by Gasteiger charge is -2.31. The molecular formula is C23H17BrN2O6S2. The summed E-state index contributed by atoms with van der Waals surface area (Å²) >= 11 is 5.58. The zero-order chi connectivity index (χ0) is 24.0. The van der Waals surface area contributed by atoms with Crippen molar-refractivity contribution in [2.45, 2.75) is 22.8 Å². The second kappa shape index (κ2) is 9.05. The third-order valence-corrected chi connectivity index (χ3v) is 8.65. The van der Waals surface area contributed by atoms with Crippen molar-refractivity contribution in [2.75, 3.05) is 6.54 Å². The predicted octanol–water partition coefficient (Wildman–Crippen LogP) is 3.45. The van der Waals surface area contributed by atoms with Crippen molar-refractivity contribution in [2.24, 2.45) is 5.92 Å². The summed E-state index contributed by atoms with van der Waals surface area (Å²) in [6, 6.07) is 15.0. The number of aromatic nitrogens is 1. The van der Waals surface area contributed by atoms with Crippen molar-refractivity contribution in [1.29, 1.82) is 0 Å². The number of carbonyl (C=O) groups excluding carboxylic acids is 2. The average Bonchev–Trinajstić information content (AvgIpc) is 3.29. The van der Waals surface area contributed by atoms with Crippen LogP contribution in [0.5, 0.6) is 5.75 Å². The van der Waals surface area contributed by atoms with Gasteiger partial charge in [0.2, 0.25) is 11.8 Å². The highest BCUT2D eigenvalue weighted by atomic mass is 79.9. The fraction of sp³-hybridized carbons (Fsp3) is 0.217. The van der Waals surface area contributed by atoms with Crippen molar-refractivity contribution in [3.8, 4) is 5.75 Å². The number of amides is 2. The lowest BCUT2D eigenvalue weighted by molar-refractivity contribution is -0.149. The second-order valence-corrected chi connectivity index (χ2v) is 10.9. The van der Waals surface area contributed by atoms with Gasteiger partial charge in [-0.05, 0) is 23.8 Å². The first-order chi connectivity index (χ1) is 16.3. The van der Waals surface area contributed by atoms with Gasteiger partial charge in [0.1, 0.15) is 24.2 Å². The first-order valence-electron chi connectivity index (χ1n) is 10.3. The van der Waals surface area contributed by atoms with Gasteiger partial charge in [0, 0.05) is 20.8 Å². The normalized spacial score (nSPS) is 21.3.